The highest BCUT2D eigenvalue weighted by atomic mass is 31.2. The van der Waals surface area contributed by atoms with Crippen molar-refractivity contribution in [2.45, 2.75) is 31.5 Å². The van der Waals surface area contributed by atoms with Crippen LogP contribution in [0.15, 0.2) is 36.8 Å². The number of nitrogen functional groups attached to an aromatic ring is 1. The average molecular weight is 427 g/mol. The van der Waals surface area contributed by atoms with E-state index < -0.39 is 7.60 Å². The molecule has 3 heterocycles. The van der Waals surface area contributed by atoms with E-state index in [1.807, 2.05) is 18.2 Å². The number of benzene rings is 1. The number of likely N-dealkylation sites (tertiary alicyclic amines) is 1. The molecule has 1 aliphatic heterocycles. The summed E-state index contributed by atoms with van der Waals surface area (Å²) in [5.41, 5.74) is 9.42. The van der Waals surface area contributed by atoms with Crippen LogP contribution in [0.5, 0.6) is 0 Å². The van der Waals surface area contributed by atoms with Gasteiger partial charge < -0.3 is 25.0 Å². The summed E-state index contributed by atoms with van der Waals surface area (Å²) in [5.74, 6) is 1.15. The van der Waals surface area contributed by atoms with E-state index in [1.165, 1.54) is 32.4 Å². The molecule has 0 atom stereocenters. The molecule has 2 fully saturated rings. The van der Waals surface area contributed by atoms with E-state index in [0.29, 0.717) is 17.4 Å². The first-order chi connectivity index (χ1) is 14.4. The van der Waals surface area contributed by atoms with Gasteiger partial charge in [-0.2, -0.15) is 0 Å². The Bertz CT molecular complexity index is 1130. The van der Waals surface area contributed by atoms with Gasteiger partial charge in [0.1, 0.15) is 17.8 Å². The van der Waals surface area contributed by atoms with Crippen LogP contribution in [-0.4, -0.2) is 48.9 Å². The number of nitrogens with two attached hydrogens (primary N) is 1. The van der Waals surface area contributed by atoms with Crippen molar-refractivity contribution in [3.05, 3.63) is 42.4 Å². The van der Waals surface area contributed by atoms with Crippen LogP contribution < -0.4 is 5.73 Å². The zero-order valence-electron chi connectivity index (χ0n) is 16.7. The van der Waals surface area contributed by atoms with E-state index in [2.05, 4.69) is 25.6 Å². The second kappa shape index (κ2) is 7.46. The average Bonchev–Trinajstić information content (AvgIpc) is 2.99. The van der Waals surface area contributed by atoms with E-state index in [1.54, 1.807) is 6.07 Å². The molecule has 2 aromatic heterocycles. The van der Waals surface area contributed by atoms with Crippen LogP contribution in [0, 0.1) is 5.92 Å². The lowest BCUT2D eigenvalue weighted by molar-refractivity contribution is 0.0921. The summed E-state index contributed by atoms with van der Waals surface area (Å²) in [6.07, 6.45) is 6.87. The fraction of sp³-hybridized carbons (Fsp3) is 0.429. The zero-order chi connectivity index (χ0) is 20.9. The molecule has 0 spiro atoms. The summed E-state index contributed by atoms with van der Waals surface area (Å²) >= 11 is 0. The molecule has 1 saturated heterocycles. The second-order valence-electron chi connectivity index (χ2n) is 8.58. The molecule has 2 aliphatic rings. The Kier molecular flexibility index (Phi) is 4.90. The first-order valence-electron chi connectivity index (χ1n) is 10.3. The van der Waals surface area contributed by atoms with Crippen LogP contribution in [0.2, 0.25) is 0 Å². The molecule has 0 bridgehead atoms. The van der Waals surface area contributed by atoms with Gasteiger partial charge in [-0.15, -0.1) is 0 Å². The number of fused-ring (bicyclic) bond motifs is 1. The maximum atomic E-state index is 11.4. The van der Waals surface area contributed by atoms with Crippen LogP contribution in [0.25, 0.3) is 22.2 Å². The third kappa shape index (κ3) is 3.76. The SMILES string of the molecule is Nc1ncnc2c1c(-c1cccc(CP(=O)(O)O)c1)cn2[C@H]1C[C@@H](CN2CCC2)C1. The molecule has 9 heteroatoms. The molecule has 5 rings (SSSR count). The third-order valence-electron chi connectivity index (χ3n) is 6.33. The van der Waals surface area contributed by atoms with Crippen molar-refractivity contribution in [2.24, 2.45) is 5.92 Å². The summed E-state index contributed by atoms with van der Waals surface area (Å²) < 4.78 is 13.6. The molecular formula is C21H26N5O3P. The van der Waals surface area contributed by atoms with Crippen molar-refractivity contribution < 1.29 is 14.4 Å². The maximum Gasteiger partial charge on any atom is 0.329 e. The highest BCUT2D eigenvalue weighted by Crippen LogP contribution is 2.44. The summed E-state index contributed by atoms with van der Waals surface area (Å²) in [5, 5.41) is 0.803. The Hall–Kier alpha value is -2.25. The molecule has 4 N–H and O–H groups in total. The van der Waals surface area contributed by atoms with Gasteiger partial charge in [-0.1, -0.05) is 24.3 Å². The molecule has 158 valence electrons. The molecule has 0 unspecified atom stereocenters. The van der Waals surface area contributed by atoms with Crippen molar-refractivity contribution in [3.63, 3.8) is 0 Å². The molecule has 1 aliphatic carbocycles. The lowest BCUT2D eigenvalue weighted by Gasteiger charge is -2.42. The predicted octanol–water partition coefficient (Wildman–Crippen LogP) is 3.02. The zero-order valence-corrected chi connectivity index (χ0v) is 17.6. The van der Waals surface area contributed by atoms with Crippen molar-refractivity contribution in [3.8, 4) is 11.1 Å². The van der Waals surface area contributed by atoms with Gasteiger partial charge in [0.2, 0.25) is 0 Å². The van der Waals surface area contributed by atoms with Gasteiger partial charge in [0.25, 0.3) is 0 Å². The van der Waals surface area contributed by atoms with Gasteiger partial charge >= 0.3 is 7.60 Å². The Balaban J connectivity index is 1.48. The van der Waals surface area contributed by atoms with Gasteiger partial charge in [0.05, 0.1) is 11.5 Å². The normalized spacial score (nSPS) is 22.1. The topological polar surface area (TPSA) is 118 Å². The maximum absolute atomic E-state index is 11.4. The first-order valence-corrected chi connectivity index (χ1v) is 12.1. The van der Waals surface area contributed by atoms with Crippen molar-refractivity contribution in [1.82, 2.24) is 19.4 Å². The minimum Gasteiger partial charge on any atom is -0.383 e. The van der Waals surface area contributed by atoms with Gasteiger partial charge in [-0.3, -0.25) is 4.57 Å². The van der Waals surface area contributed by atoms with Crippen LogP contribution in [-0.2, 0) is 10.7 Å². The van der Waals surface area contributed by atoms with Crippen LogP contribution >= 0.6 is 7.60 Å². The van der Waals surface area contributed by atoms with Gasteiger partial charge in [-0.25, -0.2) is 9.97 Å². The monoisotopic (exact) mass is 427 g/mol. The van der Waals surface area contributed by atoms with Gasteiger partial charge in [0, 0.05) is 24.3 Å². The Morgan fingerprint density at radius 3 is 2.70 bits per heavy atom. The number of hydrogen-bond acceptors (Lipinski definition) is 5. The third-order valence-corrected chi connectivity index (χ3v) is 7.11. The largest absolute Gasteiger partial charge is 0.383 e. The van der Waals surface area contributed by atoms with Crippen LogP contribution in [0.4, 0.5) is 5.82 Å². The minimum atomic E-state index is -4.14. The fourth-order valence-corrected chi connectivity index (χ4v) is 5.36. The molecule has 0 amide bonds. The molecule has 1 saturated carbocycles. The predicted molar refractivity (Wildman–Crippen MR) is 116 cm³/mol. The quantitative estimate of drug-likeness (QED) is 0.518. The van der Waals surface area contributed by atoms with E-state index in [-0.39, 0.29) is 6.16 Å². The number of rotatable bonds is 6. The Labute approximate surface area is 174 Å². The summed E-state index contributed by atoms with van der Waals surface area (Å²) in [6, 6.07) is 7.68. The standard InChI is InChI=1S/C21H26N5O3P/c22-20-19-18(16-4-1-3-14(7-16)12-30(27,28)29)11-26(21(19)24-13-23-20)17-8-15(9-17)10-25-5-2-6-25/h1,3-4,7,11,13,15,17H,2,5-6,8-10,12H2,(H2,22,23,24)(H2,27,28,29)/t15-,17+. The summed E-state index contributed by atoms with van der Waals surface area (Å²) in [6.45, 7) is 3.64. The molecule has 1 aromatic carbocycles. The van der Waals surface area contributed by atoms with Crippen molar-refractivity contribution >= 4 is 24.4 Å². The molecular weight excluding hydrogens is 401 g/mol. The number of nitrogens with zero attached hydrogens (tertiary/aromatic N) is 4. The Morgan fingerprint density at radius 1 is 1.20 bits per heavy atom. The highest BCUT2D eigenvalue weighted by molar-refractivity contribution is 7.50. The van der Waals surface area contributed by atoms with E-state index in [0.717, 1.165) is 40.9 Å². The van der Waals surface area contributed by atoms with E-state index in [9.17, 15) is 14.4 Å². The second-order valence-corrected chi connectivity index (χ2v) is 10.2. The smallest absolute Gasteiger partial charge is 0.329 e. The highest BCUT2D eigenvalue weighted by Gasteiger charge is 2.34. The minimum absolute atomic E-state index is 0.285. The summed E-state index contributed by atoms with van der Waals surface area (Å²) in [7, 11) is -4.14. The van der Waals surface area contributed by atoms with E-state index in [4.69, 9.17) is 5.73 Å². The van der Waals surface area contributed by atoms with Crippen LogP contribution in [0.3, 0.4) is 0 Å². The molecule has 30 heavy (non-hydrogen) atoms. The van der Waals surface area contributed by atoms with Crippen LogP contribution in [0.1, 0.15) is 30.9 Å². The molecule has 0 radical (unpaired) electrons. The number of hydrogen-bond donors (Lipinski definition) is 3. The number of aromatic nitrogens is 3. The Morgan fingerprint density at radius 2 is 2.00 bits per heavy atom. The fourth-order valence-electron chi connectivity index (χ4n) is 4.69. The van der Waals surface area contributed by atoms with E-state index >= 15 is 0 Å². The van der Waals surface area contributed by atoms with Crippen molar-refractivity contribution in [2.75, 3.05) is 25.4 Å². The first kappa shape index (κ1) is 19.7. The molecule has 8 nitrogen and oxygen atoms in total. The molecule has 3 aromatic rings. The lowest BCUT2D eigenvalue weighted by Crippen LogP contribution is -2.43. The number of anilines is 1. The van der Waals surface area contributed by atoms with Gasteiger partial charge in [-0.05, 0) is 49.4 Å². The lowest BCUT2D eigenvalue weighted by atomic mass is 9.79. The van der Waals surface area contributed by atoms with Crippen molar-refractivity contribution in [1.29, 1.82) is 0 Å². The van der Waals surface area contributed by atoms with Gasteiger partial charge in [0.15, 0.2) is 0 Å². The summed E-state index contributed by atoms with van der Waals surface area (Å²) in [4.78, 5) is 29.9.